The van der Waals surface area contributed by atoms with Crippen molar-refractivity contribution in [3.8, 4) is 11.8 Å². The summed E-state index contributed by atoms with van der Waals surface area (Å²) in [4.78, 5) is 2.40. The molecule has 0 aliphatic heterocycles. The van der Waals surface area contributed by atoms with E-state index in [1.54, 1.807) is 0 Å². The lowest BCUT2D eigenvalue weighted by atomic mass is 10.1. The van der Waals surface area contributed by atoms with Gasteiger partial charge in [0.1, 0.15) is 6.61 Å². The Labute approximate surface area is 121 Å². The summed E-state index contributed by atoms with van der Waals surface area (Å²) in [6.07, 6.45) is 3.32. The molecule has 0 saturated heterocycles. The van der Waals surface area contributed by atoms with Crippen LogP contribution in [0.4, 0.5) is 0 Å². The number of hydrogen-bond acceptors (Lipinski definition) is 3. The number of aliphatic hydroxyl groups is 1. The summed E-state index contributed by atoms with van der Waals surface area (Å²) in [5, 5.41) is 8.72. The molecule has 0 aliphatic carbocycles. The number of benzene rings is 1. The molecule has 0 heterocycles. The molecule has 1 atom stereocenters. The Bertz CT molecular complexity index is 436. The second-order valence-corrected chi connectivity index (χ2v) is 5.50. The topological polar surface area (TPSA) is 23.5 Å². The van der Waals surface area contributed by atoms with Crippen molar-refractivity contribution in [1.82, 2.24) is 4.90 Å². The zero-order valence-electron chi connectivity index (χ0n) is 12.0. The quantitative estimate of drug-likeness (QED) is 0.809. The molecular weight excluding hydrogens is 254 g/mol. The minimum absolute atomic E-state index is 0.0875. The molecule has 0 saturated carbocycles. The molecule has 0 bridgehead atoms. The van der Waals surface area contributed by atoms with E-state index in [0.717, 1.165) is 17.9 Å². The molecule has 1 aromatic carbocycles. The normalized spacial score (nSPS) is 12.1. The van der Waals surface area contributed by atoms with Crippen molar-refractivity contribution < 1.29 is 5.11 Å². The van der Waals surface area contributed by atoms with Crippen LogP contribution < -0.4 is 0 Å². The molecule has 0 aliphatic rings. The molecule has 0 spiro atoms. The molecule has 0 aromatic heterocycles. The Morgan fingerprint density at radius 3 is 2.84 bits per heavy atom. The Hall–Kier alpha value is -0.950. The van der Waals surface area contributed by atoms with Gasteiger partial charge in [-0.3, -0.25) is 4.90 Å². The predicted molar refractivity (Wildman–Crippen MR) is 84.3 cm³/mol. The molecule has 2 nitrogen and oxygen atoms in total. The Balaban J connectivity index is 2.70. The molecule has 1 unspecified atom stereocenters. The van der Waals surface area contributed by atoms with Gasteiger partial charge in [0.2, 0.25) is 0 Å². The van der Waals surface area contributed by atoms with Gasteiger partial charge < -0.3 is 5.11 Å². The summed E-state index contributed by atoms with van der Waals surface area (Å²) >= 11 is 1.90. The standard InChI is InChI=1S/C16H23NOS/c1-4-16(13-19-3)17(2)12-15-8-5-7-14(11-15)9-6-10-18/h5,7-8,11,16,18H,4,10,12-13H2,1-3H3. The third-order valence-corrected chi connectivity index (χ3v) is 3.84. The van der Waals surface area contributed by atoms with Gasteiger partial charge in [-0.25, -0.2) is 0 Å². The lowest BCUT2D eigenvalue weighted by Crippen LogP contribution is -2.32. The van der Waals surface area contributed by atoms with Crippen LogP contribution in [0.5, 0.6) is 0 Å². The molecule has 19 heavy (non-hydrogen) atoms. The summed E-state index contributed by atoms with van der Waals surface area (Å²) < 4.78 is 0. The zero-order chi connectivity index (χ0) is 14.1. The maximum Gasteiger partial charge on any atom is 0.104 e. The summed E-state index contributed by atoms with van der Waals surface area (Å²) in [6, 6.07) is 8.85. The van der Waals surface area contributed by atoms with Gasteiger partial charge in [0, 0.05) is 23.9 Å². The van der Waals surface area contributed by atoms with Gasteiger partial charge >= 0.3 is 0 Å². The molecule has 104 valence electrons. The molecule has 0 fully saturated rings. The van der Waals surface area contributed by atoms with Gasteiger partial charge in [0.05, 0.1) is 0 Å². The van der Waals surface area contributed by atoms with Crippen molar-refractivity contribution in [2.75, 3.05) is 25.7 Å². The van der Waals surface area contributed by atoms with Crippen LogP contribution in [0.3, 0.4) is 0 Å². The van der Waals surface area contributed by atoms with E-state index < -0.39 is 0 Å². The number of nitrogens with zero attached hydrogens (tertiary/aromatic N) is 1. The van der Waals surface area contributed by atoms with Crippen molar-refractivity contribution in [2.45, 2.75) is 25.9 Å². The number of hydrogen-bond donors (Lipinski definition) is 1. The molecule has 0 radical (unpaired) electrons. The molecule has 1 aromatic rings. The number of rotatable bonds is 6. The third kappa shape index (κ3) is 5.69. The van der Waals surface area contributed by atoms with Crippen molar-refractivity contribution in [2.24, 2.45) is 0 Å². The second kappa shape index (κ2) is 9.03. The third-order valence-electron chi connectivity index (χ3n) is 3.12. The highest BCUT2D eigenvalue weighted by Gasteiger charge is 2.12. The Morgan fingerprint density at radius 2 is 2.21 bits per heavy atom. The molecule has 3 heteroatoms. The van der Waals surface area contributed by atoms with Gasteiger partial charge in [-0.2, -0.15) is 11.8 Å². The minimum atomic E-state index is -0.0875. The maximum absolute atomic E-state index is 8.72. The van der Waals surface area contributed by atoms with Crippen LogP contribution in [0.2, 0.25) is 0 Å². The monoisotopic (exact) mass is 277 g/mol. The Morgan fingerprint density at radius 1 is 1.42 bits per heavy atom. The first-order valence-corrected chi connectivity index (χ1v) is 7.98. The van der Waals surface area contributed by atoms with E-state index in [0.29, 0.717) is 6.04 Å². The van der Waals surface area contributed by atoms with Crippen LogP contribution in [0.15, 0.2) is 24.3 Å². The van der Waals surface area contributed by atoms with Gasteiger partial charge in [0.25, 0.3) is 0 Å². The van der Waals surface area contributed by atoms with Crippen molar-refractivity contribution in [3.05, 3.63) is 35.4 Å². The van der Waals surface area contributed by atoms with Gasteiger partial charge in [-0.1, -0.05) is 30.9 Å². The van der Waals surface area contributed by atoms with Gasteiger partial charge in [0.15, 0.2) is 0 Å². The van der Waals surface area contributed by atoms with Gasteiger partial charge in [-0.15, -0.1) is 0 Å². The van der Waals surface area contributed by atoms with E-state index in [-0.39, 0.29) is 6.61 Å². The van der Waals surface area contributed by atoms with Crippen LogP contribution >= 0.6 is 11.8 Å². The SMILES string of the molecule is CCC(CSC)N(C)Cc1cccc(C#CCO)c1. The lowest BCUT2D eigenvalue weighted by molar-refractivity contribution is 0.248. The first-order valence-electron chi connectivity index (χ1n) is 6.59. The van der Waals surface area contributed by atoms with E-state index in [4.69, 9.17) is 5.11 Å². The summed E-state index contributed by atoms with van der Waals surface area (Å²) in [5.74, 6) is 6.81. The highest BCUT2D eigenvalue weighted by molar-refractivity contribution is 7.98. The van der Waals surface area contributed by atoms with E-state index in [9.17, 15) is 0 Å². The first-order chi connectivity index (χ1) is 9.21. The summed E-state index contributed by atoms with van der Waals surface area (Å²) in [6.45, 7) is 3.09. The molecule has 0 amide bonds. The van der Waals surface area contributed by atoms with E-state index in [1.165, 1.54) is 12.0 Å². The van der Waals surface area contributed by atoms with Crippen LogP contribution in [-0.4, -0.2) is 41.7 Å². The number of thioether (sulfide) groups is 1. The largest absolute Gasteiger partial charge is 0.384 e. The summed E-state index contributed by atoms with van der Waals surface area (Å²) in [7, 11) is 2.18. The summed E-state index contributed by atoms with van der Waals surface area (Å²) in [5.41, 5.74) is 2.24. The fourth-order valence-corrected chi connectivity index (χ4v) is 2.93. The van der Waals surface area contributed by atoms with Gasteiger partial charge in [-0.05, 0) is 37.4 Å². The fourth-order valence-electron chi connectivity index (χ4n) is 2.06. The van der Waals surface area contributed by atoms with Crippen LogP contribution in [0, 0.1) is 11.8 Å². The highest BCUT2D eigenvalue weighted by Crippen LogP contribution is 2.13. The second-order valence-electron chi connectivity index (χ2n) is 4.59. The van der Waals surface area contributed by atoms with Crippen molar-refractivity contribution in [1.29, 1.82) is 0 Å². The van der Waals surface area contributed by atoms with E-state index in [1.807, 2.05) is 23.9 Å². The molecule has 1 rings (SSSR count). The minimum Gasteiger partial charge on any atom is -0.384 e. The Kier molecular flexibility index (Phi) is 7.66. The maximum atomic E-state index is 8.72. The van der Waals surface area contributed by atoms with Crippen LogP contribution in [0.25, 0.3) is 0 Å². The molecule has 1 N–H and O–H groups in total. The first kappa shape index (κ1) is 16.1. The number of aliphatic hydroxyl groups excluding tert-OH is 1. The van der Waals surface area contributed by atoms with E-state index >= 15 is 0 Å². The van der Waals surface area contributed by atoms with Crippen LogP contribution in [0.1, 0.15) is 24.5 Å². The zero-order valence-corrected chi connectivity index (χ0v) is 12.8. The predicted octanol–water partition coefficient (Wildman–Crippen LogP) is 2.60. The van der Waals surface area contributed by atoms with Crippen molar-refractivity contribution >= 4 is 11.8 Å². The fraction of sp³-hybridized carbons (Fsp3) is 0.500. The van der Waals surface area contributed by atoms with Crippen LogP contribution in [-0.2, 0) is 6.54 Å². The molecular formula is C16H23NOS. The van der Waals surface area contributed by atoms with E-state index in [2.05, 4.69) is 49.1 Å². The average molecular weight is 277 g/mol. The van der Waals surface area contributed by atoms with Crippen molar-refractivity contribution in [3.63, 3.8) is 0 Å². The lowest BCUT2D eigenvalue weighted by Gasteiger charge is -2.26. The highest BCUT2D eigenvalue weighted by atomic mass is 32.2. The smallest absolute Gasteiger partial charge is 0.104 e. The average Bonchev–Trinajstić information content (AvgIpc) is 2.42.